The summed E-state index contributed by atoms with van der Waals surface area (Å²) in [5.74, 6) is -0.0365. The highest BCUT2D eigenvalue weighted by molar-refractivity contribution is 6.52. The molecule has 98 valence electrons. The first kappa shape index (κ1) is 12.3. The van der Waals surface area contributed by atoms with Gasteiger partial charge < -0.3 is 0 Å². The molecular weight excluding hydrogens is 238 g/mol. The second-order valence-electron chi connectivity index (χ2n) is 5.34. The van der Waals surface area contributed by atoms with Gasteiger partial charge in [-0.1, -0.05) is 43.5 Å². The molecule has 0 amide bonds. The molecule has 0 spiro atoms. The quantitative estimate of drug-likeness (QED) is 0.773. The van der Waals surface area contributed by atoms with Gasteiger partial charge in [0.15, 0.2) is 5.78 Å². The molecule has 0 atom stereocenters. The topological polar surface area (TPSA) is 46.5 Å². The van der Waals surface area contributed by atoms with Gasteiger partial charge >= 0.3 is 0 Å². The van der Waals surface area contributed by atoms with Crippen LogP contribution in [0.4, 0.5) is 0 Å². The fraction of sp³-hybridized carbons (Fsp3) is 0.438. The summed E-state index contributed by atoms with van der Waals surface area (Å²) in [6.45, 7) is 0. The lowest BCUT2D eigenvalue weighted by Crippen LogP contribution is -2.28. The Balaban J connectivity index is 1.91. The molecule has 0 saturated heterocycles. The minimum absolute atomic E-state index is 0.0183. The average Bonchev–Trinajstić information content (AvgIpc) is 2.46. The summed E-state index contributed by atoms with van der Waals surface area (Å²) in [5.41, 5.74) is 1.54. The van der Waals surface area contributed by atoms with E-state index >= 15 is 0 Å². The summed E-state index contributed by atoms with van der Waals surface area (Å²) in [6.07, 6.45) is 5.89. The van der Waals surface area contributed by atoms with Crippen LogP contribution in [0.5, 0.6) is 0 Å². The molecule has 1 aromatic rings. The van der Waals surface area contributed by atoms with Crippen molar-refractivity contribution in [2.45, 2.75) is 44.6 Å². The van der Waals surface area contributed by atoms with Crippen LogP contribution in [-0.4, -0.2) is 23.3 Å². The number of carbonyl (C=O) groups is 2. The minimum Gasteiger partial charge on any atom is -0.294 e. The first-order valence-electron chi connectivity index (χ1n) is 6.99. The third-order valence-electron chi connectivity index (χ3n) is 3.98. The van der Waals surface area contributed by atoms with Gasteiger partial charge in [-0.3, -0.25) is 14.6 Å². The van der Waals surface area contributed by atoms with Gasteiger partial charge in [0.05, 0.1) is 18.2 Å². The number of hydrogen-bond donors (Lipinski definition) is 0. The van der Waals surface area contributed by atoms with Crippen LogP contribution in [0.3, 0.4) is 0 Å². The van der Waals surface area contributed by atoms with Crippen molar-refractivity contribution >= 4 is 17.3 Å². The molecule has 2 aliphatic carbocycles. The standard InChI is InChI=1S/C16H17NO2/c18-15-10-14(17-11-6-2-1-3-7-11)16(19)13-9-5-4-8-12(13)15/h4-5,8-9,11H,1-3,6-7,10H2. The number of carbonyl (C=O) groups excluding carboxylic acids is 2. The lowest BCUT2D eigenvalue weighted by molar-refractivity contribution is 0.0964. The predicted octanol–water partition coefficient (Wildman–Crippen LogP) is 3.23. The smallest absolute Gasteiger partial charge is 0.207 e. The van der Waals surface area contributed by atoms with E-state index in [0.29, 0.717) is 16.8 Å². The molecule has 2 aliphatic rings. The fourth-order valence-electron chi connectivity index (χ4n) is 2.94. The Morgan fingerprint density at radius 3 is 2.37 bits per heavy atom. The summed E-state index contributed by atoms with van der Waals surface area (Å²) in [7, 11) is 0. The number of nitrogens with zero attached hydrogens (tertiary/aromatic N) is 1. The Hall–Kier alpha value is -1.77. The third-order valence-corrected chi connectivity index (χ3v) is 3.98. The summed E-state index contributed by atoms with van der Waals surface area (Å²) in [6, 6.07) is 7.30. The molecule has 3 nitrogen and oxygen atoms in total. The Labute approximate surface area is 112 Å². The van der Waals surface area contributed by atoms with E-state index in [1.807, 2.05) is 0 Å². The van der Waals surface area contributed by atoms with Gasteiger partial charge in [-0.05, 0) is 12.8 Å². The van der Waals surface area contributed by atoms with Crippen LogP contribution in [0.1, 0.15) is 59.2 Å². The van der Waals surface area contributed by atoms with Crippen LogP contribution in [-0.2, 0) is 0 Å². The first-order chi connectivity index (χ1) is 9.25. The highest BCUT2D eigenvalue weighted by Gasteiger charge is 2.29. The van der Waals surface area contributed by atoms with Crippen molar-refractivity contribution in [1.82, 2.24) is 0 Å². The predicted molar refractivity (Wildman–Crippen MR) is 74.0 cm³/mol. The lowest BCUT2D eigenvalue weighted by atomic mass is 9.87. The summed E-state index contributed by atoms with van der Waals surface area (Å²) < 4.78 is 0. The highest BCUT2D eigenvalue weighted by atomic mass is 16.1. The van der Waals surface area contributed by atoms with Crippen LogP contribution in [0.2, 0.25) is 0 Å². The second-order valence-corrected chi connectivity index (χ2v) is 5.34. The van der Waals surface area contributed by atoms with Crippen LogP contribution in [0, 0.1) is 0 Å². The van der Waals surface area contributed by atoms with E-state index in [1.54, 1.807) is 24.3 Å². The zero-order valence-corrected chi connectivity index (χ0v) is 10.9. The van der Waals surface area contributed by atoms with Crippen molar-refractivity contribution in [1.29, 1.82) is 0 Å². The van der Waals surface area contributed by atoms with Gasteiger partial charge in [0, 0.05) is 11.1 Å². The molecule has 0 N–H and O–H groups in total. The Morgan fingerprint density at radius 2 is 1.63 bits per heavy atom. The SMILES string of the molecule is O=C1CC(=NC2CCCCC2)C(=O)c2ccccc21. The number of hydrogen-bond acceptors (Lipinski definition) is 3. The van der Waals surface area contributed by atoms with E-state index in [0.717, 1.165) is 12.8 Å². The molecule has 1 fully saturated rings. The number of benzene rings is 1. The molecule has 1 saturated carbocycles. The molecule has 0 unspecified atom stereocenters. The van der Waals surface area contributed by atoms with Crippen molar-refractivity contribution < 1.29 is 9.59 Å². The molecule has 0 bridgehead atoms. The van der Waals surface area contributed by atoms with E-state index in [-0.39, 0.29) is 24.0 Å². The van der Waals surface area contributed by atoms with Gasteiger partial charge in [0.2, 0.25) is 5.78 Å². The molecule has 0 aromatic heterocycles. The maximum Gasteiger partial charge on any atom is 0.207 e. The van der Waals surface area contributed by atoms with Gasteiger partial charge in [-0.25, -0.2) is 0 Å². The van der Waals surface area contributed by atoms with Crippen LogP contribution in [0.15, 0.2) is 29.3 Å². The molecule has 19 heavy (non-hydrogen) atoms. The molecule has 3 rings (SSSR count). The normalized spacial score (nSPS) is 22.6. The zero-order valence-electron chi connectivity index (χ0n) is 10.9. The minimum atomic E-state index is -0.0548. The second kappa shape index (κ2) is 5.08. The van der Waals surface area contributed by atoms with E-state index in [9.17, 15) is 9.59 Å². The van der Waals surface area contributed by atoms with Gasteiger partial charge in [0.25, 0.3) is 0 Å². The van der Waals surface area contributed by atoms with E-state index < -0.39 is 0 Å². The summed E-state index contributed by atoms with van der Waals surface area (Å²) in [5, 5.41) is 0. The lowest BCUT2D eigenvalue weighted by Gasteiger charge is -2.21. The van der Waals surface area contributed by atoms with Gasteiger partial charge in [-0.2, -0.15) is 0 Å². The van der Waals surface area contributed by atoms with E-state index in [1.165, 1.54) is 19.3 Å². The number of ketones is 2. The Kier molecular flexibility index (Phi) is 3.28. The molecule has 3 heteroatoms. The van der Waals surface area contributed by atoms with Crippen molar-refractivity contribution in [2.24, 2.45) is 4.99 Å². The maximum atomic E-state index is 12.4. The van der Waals surface area contributed by atoms with E-state index in [4.69, 9.17) is 0 Å². The number of aliphatic imine (C=N–C) groups is 1. The van der Waals surface area contributed by atoms with E-state index in [2.05, 4.69) is 4.99 Å². The maximum absolute atomic E-state index is 12.4. The number of Topliss-reactive ketones (excluding diaryl/α,β-unsaturated/α-hetero) is 2. The zero-order chi connectivity index (χ0) is 13.2. The molecular formula is C16H17NO2. The monoisotopic (exact) mass is 255 g/mol. The number of rotatable bonds is 1. The van der Waals surface area contributed by atoms with Crippen LogP contribution in [0.25, 0.3) is 0 Å². The van der Waals surface area contributed by atoms with Crippen LogP contribution >= 0.6 is 0 Å². The fourth-order valence-corrected chi connectivity index (χ4v) is 2.94. The van der Waals surface area contributed by atoms with Gasteiger partial charge in [0.1, 0.15) is 0 Å². The highest BCUT2D eigenvalue weighted by Crippen LogP contribution is 2.24. The molecule has 0 heterocycles. The van der Waals surface area contributed by atoms with Crippen LogP contribution < -0.4 is 0 Å². The molecule has 0 radical (unpaired) electrons. The van der Waals surface area contributed by atoms with Gasteiger partial charge in [-0.15, -0.1) is 0 Å². The van der Waals surface area contributed by atoms with Crippen molar-refractivity contribution in [3.63, 3.8) is 0 Å². The largest absolute Gasteiger partial charge is 0.294 e. The van der Waals surface area contributed by atoms with Crippen molar-refractivity contribution in [3.8, 4) is 0 Å². The first-order valence-corrected chi connectivity index (χ1v) is 6.99. The molecule has 0 aliphatic heterocycles. The molecule has 1 aromatic carbocycles. The Bertz CT molecular complexity index is 554. The third kappa shape index (κ3) is 2.37. The van der Waals surface area contributed by atoms with Crippen molar-refractivity contribution in [2.75, 3.05) is 0 Å². The number of fused-ring (bicyclic) bond motifs is 1. The van der Waals surface area contributed by atoms with Crippen molar-refractivity contribution in [3.05, 3.63) is 35.4 Å². The summed E-state index contributed by atoms with van der Waals surface area (Å²) >= 11 is 0. The Morgan fingerprint density at radius 1 is 0.947 bits per heavy atom. The summed E-state index contributed by atoms with van der Waals surface area (Å²) in [4.78, 5) is 29.0. The average molecular weight is 255 g/mol.